The van der Waals surface area contributed by atoms with E-state index < -0.39 is 0 Å². The highest BCUT2D eigenvalue weighted by Gasteiger charge is 2.30. The number of methoxy groups -OCH3 is 2. The second-order valence-electron chi connectivity index (χ2n) is 5.13. The Labute approximate surface area is 120 Å². The van der Waals surface area contributed by atoms with Crippen molar-refractivity contribution < 1.29 is 9.47 Å². The molecule has 1 N–H and O–H groups in total. The van der Waals surface area contributed by atoms with E-state index in [1.807, 2.05) is 0 Å². The number of benzene rings is 1. The van der Waals surface area contributed by atoms with Crippen LogP contribution in [-0.2, 0) is 6.42 Å². The van der Waals surface area contributed by atoms with Gasteiger partial charge >= 0.3 is 0 Å². The van der Waals surface area contributed by atoms with Crippen LogP contribution in [0.2, 0.25) is 0 Å². The van der Waals surface area contributed by atoms with Crippen LogP contribution in [-0.4, -0.2) is 27.0 Å². The molecule has 1 aliphatic heterocycles. The van der Waals surface area contributed by atoms with Crippen LogP contribution < -0.4 is 14.8 Å². The van der Waals surface area contributed by atoms with E-state index in [2.05, 4.69) is 31.5 Å². The number of rotatable bonds is 4. The van der Waals surface area contributed by atoms with Crippen LogP contribution in [0.4, 0.5) is 0 Å². The number of fused-ring (bicyclic) bond motifs is 1. The molecule has 106 valence electrons. The first kappa shape index (κ1) is 14.5. The van der Waals surface area contributed by atoms with Gasteiger partial charge in [-0.15, -0.1) is 11.8 Å². The maximum atomic E-state index is 5.70. The van der Waals surface area contributed by atoms with Crippen LogP contribution in [0.5, 0.6) is 11.5 Å². The molecule has 1 unspecified atom stereocenters. The topological polar surface area (TPSA) is 30.5 Å². The smallest absolute Gasteiger partial charge is 0.137 e. The van der Waals surface area contributed by atoms with Gasteiger partial charge in [0.15, 0.2) is 0 Å². The van der Waals surface area contributed by atoms with Crippen LogP contribution in [0.15, 0.2) is 11.0 Å². The number of nitrogens with one attached hydrogen (secondary N) is 1. The molecule has 0 saturated carbocycles. The van der Waals surface area contributed by atoms with E-state index in [9.17, 15) is 0 Å². The van der Waals surface area contributed by atoms with Gasteiger partial charge in [0.05, 0.1) is 19.1 Å². The quantitative estimate of drug-likeness (QED) is 0.858. The Morgan fingerprint density at radius 3 is 2.58 bits per heavy atom. The molecule has 0 spiro atoms. The van der Waals surface area contributed by atoms with E-state index in [0.29, 0.717) is 12.0 Å². The van der Waals surface area contributed by atoms with E-state index in [1.165, 1.54) is 11.1 Å². The average Bonchev–Trinajstić information content (AvgIpc) is 2.44. The summed E-state index contributed by atoms with van der Waals surface area (Å²) in [5.41, 5.74) is 2.59. The van der Waals surface area contributed by atoms with Crippen molar-refractivity contribution in [3.63, 3.8) is 0 Å². The molecule has 1 atom stereocenters. The SMILES string of the molecule is COc1cc(SC)c(OC)c2c1CCNC2C(C)C. The van der Waals surface area contributed by atoms with Gasteiger partial charge in [0.2, 0.25) is 0 Å². The molecule has 0 aromatic heterocycles. The maximum absolute atomic E-state index is 5.70. The largest absolute Gasteiger partial charge is 0.496 e. The van der Waals surface area contributed by atoms with Crippen molar-refractivity contribution in [3.05, 3.63) is 17.2 Å². The van der Waals surface area contributed by atoms with Gasteiger partial charge in [-0.2, -0.15) is 0 Å². The molecule has 1 aliphatic rings. The fourth-order valence-corrected chi connectivity index (χ4v) is 3.43. The van der Waals surface area contributed by atoms with Gasteiger partial charge in [-0.3, -0.25) is 0 Å². The third kappa shape index (κ3) is 2.56. The highest BCUT2D eigenvalue weighted by molar-refractivity contribution is 7.98. The normalized spacial score (nSPS) is 18.3. The third-order valence-corrected chi connectivity index (χ3v) is 4.46. The second-order valence-corrected chi connectivity index (χ2v) is 5.98. The molecule has 0 radical (unpaired) electrons. The molecule has 0 saturated heterocycles. The summed E-state index contributed by atoms with van der Waals surface area (Å²) in [6.45, 7) is 5.48. The Kier molecular flexibility index (Phi) is 4.63. The summed E-state index contributed by atoms with van der Waals surface area (Å²) in [7, 11) is 3.51. The van der Waals surface area contributed by atoms with Gasteiger partial charge in [-0.25, -0.2) is 0 Å². The van der Waals surface area contributed by atoms with Gasteiger partial charge in [0.1, 0.15) is 11.5 Å². The molecule has 1 aromatic rings. The summed E-state index contributed by atoms with van der Waals surface area (Å²) < 4.78 is 11.3. The molecule has 4 heteroatoms. The van der Waals surface area contributed by atoms with Crippen molar-refractivity contribution in [3.8, 4) is 11.5 Å². The van der Waals surface area contributed by atoms with Crippen LogP contribution in [0.25, 0.3) is 0 Å². The molecule has 0 amide bonds. The number of ether oxygens (including phenoxy) is 2. The van der Waals surface area contributed by atoms with Crippen LogP contribution in [0, 0.1) is 5.92 Å². The fraction of sp³-hybridized carbons (Fsp3) is 0.600. The van der Waals surface area contributed by atoms with Crippen LogP contribution in [0.3, 0.4) is 0 Å². The lowest BCUT2D eigenvalue weighted by Gasteiger charge is -2.33. The Balaban J connectivity index is 2.67. The van der Waals surface area contributed by atoms with Gasteiger partial charge in [-0.1, -0.05) is 13.8 Å². The van der Waals surface area contributed by atoms with Crippen molar-refractivity contribution in [2.24, 2.45) is 5.92 Å². The van der Waals surface area contributed by atoms with Crippen LogP contribution in [0.1, 0.15) is 31.0 Å². The number of thioether (sulfide) groups is 1. The second kappa shape index (κ2) is 6.06. The average molecular weight is 281 g/mol. The highest BCUT2D eigenvalue weighted by Crippen LogP contribution is 2.45. The molecular weight excluding hydrogens is 258 g/mol. The molecule has 0 fully saturated rings. The zero-order valence-electron chi connectivity index (χ0n) is 12.4. The summed E-state index contributed by atoms with van der Waals surface area (Å²) in [5.74, 6) is 2.52. The minimum Gasteiger partial charge on any atom is -0.496 e. The predicted molar refractivity (Wildman–Crippen MR) is 80.6 cm³/mol. The highest BCUT2D eigenvalue weighted by atomic mass is 32.2. The third-order valence-electron chi connectivity index (χ3n) is 3.71. The zero-order chi connectivity index (χ0) is 14.0. The first-order valence-corrected chi connectivity index (χ1v) is 7.91. The zero-order valence-corrected chi connectivity index (χ0v) is 13.2. The van der Waals surface area contributed by atoms with E-state index in [4.69, 9.17) is 9.47 Å². The Bertz CT molecular complexity index is 438. The van der Waals surface area contributed by atoms with Gasteiger partial charge < -0.3 is 14.8 Å². The molecule has 0 bridgehead atoms. The predicted octanol–water partition coefficient (Wildman–Crippen LogP) is 3.27. The maximum Gasteiger partial charge on any atom is 0.137 e. The molecule has 1 aromatic carbocycles. The Morgan fingerprint density at radius 2 is 2.05 bits per heavy atom. The number of hydrogen-bond acceptors (Lipinski definition) is 4. The summed E-state index contributed by atoms with van der Waals surface area (Å²) in [6.07, 6.45) is 3.07. The van der Waals surface area contributed by atoms with Crippen molar-refractivity contribution >= 4 is 11.8 Å². The summed E-state index contributed by atoms with van der Waals surface area (Å²) in [5, 5.41) is 3.61. The molecule has 0 aliphatic carbocycles. The Hall–Kier alpha value is -0.870. The number of hydrogen-bond donors (Lipinski definition) is 1. The fourth-order valence-electron chi connectivity index (χ4n) is 2.83. The first-order valence-electron chi connectivity index (χ1n) is 6.69. The molecule has 2 rings (SSSR count). The van der Waals surface area contributed by atoms with E-state index >= 15 is 0 Å². The molecule has 1 heterocycles. The monoisotopic (exact) mass is 281 g/mol. The van der Waals surface area contributed by atoms with Gasteiger partial charge in [0.25, 0.3) is 0 Å². The van der Waals surface area contributed by atoms with E-state index in [1.54, 1.807) is 26.0 Å². The van der Waals surface area contributed by atoms with Crippen LogP contribution >= 0.6 is 11.8 Å². The summed E-state index contributed by atoms with van der Waals surface area (Å²) in [4.78, 5) is 1.15. The van der Waals surface area contributed by atoms with E-state index in [0.717, 1.165) is 29.4 Å². The molecule has 19 heavy (non-hydrogen) atoms. The minimum absolute atomic E-state index is 0.333. The lowest BCUT2D eigenvalue weighted by Crippen LogP contribution is -2.33. The van der Waals surface area contributed by atoms with Crippen molar-refractivity contribution in [1.29, 1.82) is 0 Å². The molecular formula is C15H23NO2S. The first-order chi connectivity index (χ1) is 9.13. The minimum atomic E-state index is 0.333. The van der Waals surface area contributed by atoms with E-state index in [-0.39, 0.29) is 0 Å². The standard InChI is InChI=1S/C15H23NO2S/c1-9(2)14-13-10(6-7-16-14)11(17-3)8-12(19-5)15(13)18-4/h8-9,14,16H,6-7H2,1-5H3. The van der Waals surface area contributed by atoms with Gasteiger partial charge in [-0.05, 0) is 31.2 Å². The van der Waals surface area contributed by atoms with Crippen molar-refractivity contribution in [2.45, 2.75) is 31.2 Å². The van der Waals surface area contributed by atoms with Crippen molar-refractivity contribution in [2.75, 3.05) is 27.0 Å². The Morgan fingerprint density at radius 1 is 1.32 bits per heavy atom. The van der Waals surface area contributed by atoms with Crippen molar-refractivity contribution in [1.82, 2.24) is 5.32 Å². The lowest BCUT2D eigenvalue weighted by molar-refractivity contribution is 0.340. The molecule has 3 nitrogen and oxygen atoms in total. The van der Waals surface area contributed by atoms with Gasteiger partial charge in [0, 0.05) is 17.2 Å². The lowest BCUT2D eigenvalue weighted by atomic mass is 9.86. The summed E-state index contributed by atoms with van der Waals surface area (Å²) >= 11 is 1.70. The summed E-state index contributed by atoms with van der Waals surface area (Å²) in [6, 6.07) is 2.44.